The molecular formula is C17H26N4O3. The molecule has 24 heavy (non-hydrogen) atoms. The van der Waals surface area contributed by atoms with Crippen molar-refractivity contribution in [3.63, 3.8) is 0 Å². The van der Waals surface area contributed by atoms with Crippen molar-refractivity contribution in [2.24, 2.45) is 0 Å². The fraction of sp³-hybridized carbons (Fsp3) is 0.588. The lowest BCUT2D eigenvalue weighted by atomic mass is 10.2. The molecule has 0 aromatic carbocycles. The number of nitrogen functional groups attached to an aromatic ring is 1. The first kappa shape index (κ1) is 18.0. The summed E-state index contributed by atoms with van der Waals surface area (Å²) in [5.74, 6) is -0.245. The number of likely N-dealkylation sites (tertiary alicyclic amines) is 1. The molecule has 7 heteroatoms. The zero-order valence-corrected chi connectivity index (χ0v) is 14.8. The number of amides is 2. The van der Waals surface area contributed by atoms with Crippen LogP contribution in [0.5, 0.6) is 0 Å². The van der Waals surface area contributed by atoms with Crippen molar-refractivity contribution in [3.8, 4) is 0 Å². The molecular weight excluding hydrogens is 308 g/mol. The van der Waals surface area contributed by atoms with Gasteiger partial charge in [0.25, 0.3) is 5.91 Å². The standard InChI is InChI=1S/C17H26N4O3/c1-11-14(18)8-12(9-19-11)15(22)20-10-13-6-5-7-21(13)16(23)24-17(2,3)4/h8-9,13H,5-7,10,18H2,1-4H3,(H,20,22)/t13-/m1/s1. The third kappa shape index (κ3) is 4.59. The molecule has 1 aliphatic rings. The van der Waals surface area contributed by atoms with Crippen molar-refractivity contribution in [2.75, 3.05) is 18.8 Å². The number of pyridine rings is 1. The van der Waals surface area contributed by atoms with Crippen molar-refractivity contribution in [1.82, 2.24) is 15.2 Å². The summed E-state index contributed by atoms with van der Waals surface area (Å²) in [6.07, 6.45) is 2.91. The van der Waals surface area contributed by atoms with Crippen LogP contribution in [0.4, 0.5) is 10.5 Å². The molecule has 7 nitrogen and oxygen atoms in total. The monoisotopic (exact) mass is 334 g/mol. The molecule has 1 aromatic rings. The van der Waals surface area contributed by atoms with E-state index < -0.39 is 5.60 Å². The van der Waals surface area contributed by atoms with Crippen LogP contribution in [0.3, 0.4) is 0 Å². The average Bonchev–Trinajstić information content (AvgIpc) is 2.94. The van der Waals surface area contributed by atoms with Crippen molar-refractivity contribution in [1.29, 1.82) is 0 Å². The Hall–Kier alpha value is -2.31. The lowest BCUT2D eigenvalue weighted by Crippen LogP contribution is -2.45. The minimum atomic E-state index is -0.529. The highest BCUT2D eigenvalue weighted by Gasteiger charge is 2.32. The third-order valence-electron chi connectivity index (χ3n) is 3.89. The van der Waals surface area contributed by atoms with Gasteiger partial charge in [0, 0.05) is 19.3 Å². The molecule has 1 atom stereocenters. The fourth-order valence-corrected chi connectivity index (χ4v) is 2.60. The van der Waals surface area contributed by atoms with Gasteiger partial charge in [-0.3, -0.25) is 9.78 Å². The first-order valence-corrected chi connectivity index (χ1v) is 8.17. The van der Waals surface area contributed by atoms with E-state index >= 15 is 0 Å². The molecule has 0 aliphatic carbocycles. The number of hydrogen-bond acceptors (Lipinski definition) is 5. The predicted molar refractivity (Wildman–Crippen MR) is 91.7 cm³/mol. The Morgan fingerprint density at radius 2 is 2.17 bits per heavy atom. The van der Waals surface area contributed by atoms with Crippen molar-refractivity contribution < 1.29 is 14.3 Å². The topological polar surface area (TPSA) is 97.5 Å². The van der Waals surface area contributed by atoms with E-state index in [1.807, 2.05) is 20.8 Å². The van der Waals surface area contributed by atoms with E-state index in [0.717, 1.165) is 12.8 Å². The van der Waals surface area contributed by atoms with Gasteiger partial charge in [0.05, 0.1) is 23.0 Å². The number of aryl methyl sites for hydroxylation is 1. The number of carbonyl (C=O) groups excluding carboxylic acids is 2. The van der Waals surface area contributed by atoms with Gasteiger partial charge in [-0.25, -0.2) is 4.79 Å². The van der Waals surface area contributed by atoms with Gasteiger partial charge in [0.1, 0.15) is 5.60 Å². The van der Waals surface area contributed by atoms with E-state index in [1.165, 1.54) is 6.20 Å². The number of nitrogens with zero attached hydrogens (tertiary/aromatic N) is 2. The molecule has 2 rings (SSSR count). The van der Waals surface area contributed by atoms with Gasteiger partial charge < -0.3 is 20.7 Å². The first-order valence-electron chi connectivity index (χ1n) is 8.17. The number of ether oxygens (including phenoxy) is 1. The van der Waals surface area contributed by atoms with Gasteiger partial charge >= 0.3 is 6.09 Å². The van der Waals surface area contributed by atoms with E-state index in [2.05, 4.69) is 10.3 Å². The van der Waals surface area contributed by atoms with Crippen molar-refractivity contribution in [3.05, 3.63) is 23.5 Å². The summed E-state index contributed by atoms with van der Waals surface area (Å²) in [4.78, 5) is 30.2. The quantitative estimate of drug-likeness (QED) is 0.882. The molecule has 0 spiro atoms. The summed E-state index contributed by atoms with van der Waals surface area (Å²) >= 11 is 0. The van der Waals surface area contributed by atoms with E-state index in [1.54, 1.807) is 17.9 Å². The molecule has 0 unspecified atom stereocenters. The second kappa shape index (κ2) is 7.07. The summed E-state index contributed by atoms with van der Waals surface area (Å²) in [5, 5.41) is 2.85. The maximum atomic E-state index is 12.2. The Bertz CT molecular complexity index is 625. The van der Waals surface area contributed by atoms with Crippen LogP contribution < -0.4 is 11.1 Å². The molecule has 0 radical (unpaired) electrons. The van der Waals surface area contributed by atoms with Gasteiger partial charge in [0.15, 0.2) is 0 Å². The molecule has 2 amide bonds. The molecule has 132 valence electrons. The summed E-state index contributed by atoms with van der Waals surface area (Å²) in [6.45, 7) is 8.33. The van der Waals surface area contributed by atoms with Gasteiger partial charge in [-0.2, -0.15) is 0 Å². The molecule has 1 saturated heterocycles. The fourth-order valence-electron chi connectivity index (χ4n) is 2.60. The number of nitrogens with two attached hydrogens (primary N) is 1. The highest BCUT2D eigenvalue weighted by Crippen LogP contribution is 2.20. The van der Waals surface area contributed by atoms with Gasteiger partial charge in [-0.05, 0) is 46.6 Å². The Balaban J connectivity index is 1.93. The number of rotatable bonds is 3. The smallest absolute Gasteiger partial charge is 0.410 e. The van der Waals surface area contributed by atoms with Crippen LogP contribution >= 0.6 is 0 Å². The molecule has 1 fully saturated rings. The van der Waals surface area contributed by atoms with Gasteiger partial charge in [0.2, 0.25) is 0 Å². The lowest BCUT2D eigenvalue weighted by molar-refractivity contribution is 0.0225. The van der Waals surface area contributed by atoms with Crippen LogP contribution in [0.15, 0.2) is 12.3 Å². The first-order chi connectivity index (χ1) is 11.2. The third-order valence-corrected chi connectivity index (χ3v) is 3.89. The highest BCUT2D eigenvalue weighted by molar-refractivity contribution is 5.94. The summed E-state index contributed by atoms with van der Waals surface area (Å²) < 4.78 is 5.42. The normalized spacial score (nSPS) is 17.7. The minimum absolute atomic E-state index is 0.0560. The van der Waals surface area contributed by atoms with E-state index in [4.69, 9.17) is 10.5 Å². The van der Waals surface area contributed by atoms with E-state index in [9.17, 15) is 9.59 Å². The Morgan fingerprint density at radius 1 is 1.46 bits per heavy atom. The van der Waals surface area contributed by atoms with Crippen LogP contribution in [0, 0.1) is 6.92 Å². The second-order valence-electron chi connectivity index (χ2n) is 7.08. The largest absolute Gasteiger partial charge is 0.444 e. The number of anilines is 1. The summed E-state index contributed by atoms with van der Waals surface area (Å²) in [5.41, 5.74) is 6.85. The van der Waals surface area contributed by atoms with Crippen LogP contribution in [0.25, 0.3) is 0 Å². The van der Waals surface area contributed by atoms with Gasteiger partial charge in [-0.15, -0.1) is 0 Å². The van der Waals surface area contributed by atoms with Crippen LogP contribution in [0.2, 0.25) is 0 Å². The molecule has 0 bridgehead atoms. The van der Waals surface area contributed by atoms with Crippen molar-refractivity contribution >= 4 is 17.7 Å². The maximum Gasteiger partial charge on any atom is 0.410 e. The SMILES string of the molecule is Cc1ncc(C(=O)NC[C@H]2CCCN2C(=O)OC(C)(C)C)cc1N. The van der Waals surface area contributed by atoms with E-state index in [0.29, 0.717) is 30.0 Å². The molecule has 3 N–H and O–H groups in total. The van der Waals surface area contributed by atoms with Crippen molar-refractivity contribution in [2.45, 2.75) is 52.2 Å². The second-order valence-corrected chi connectivity index (χ2v) is 7.08. The Morgan fingerprint density at radius 3 is 2.79 bits per heavy atom. The number of nitrogens with one attached hydrogen (secondary N) is 1. The average molecular weight is 334 g/mol. The van der Waals surface area contributed by atoms with E-state index in [-0.39, 0.29) is 18.0 Å². The molecule has 0 saturated carbocycles. The zero-order chi connectivity index (χ0) is 17.9. The predicted octanol–water partition coefficient (Wildman–Crippen LogP) is 2.10. The zero-order valence-electron chi connectivity index (χ0n) is 14.8. The Kier molecular flexibility index (Phi) is 5.31. The van der Waals surface area contributed by atoms with Crippen LogP contribution in [-0.4, -0.2) is 46.6 Å². The molecule has 1 aliphatic heterocycles. The lowest BCUT2D eigenvalue weighted by Gasteiger charge is -2.28. The van der Waals surface area contributed by atoms with Gasteiger partial charge in [-0.1, -0.05) is 0 Å². The number of carbonyl (C=O) groups is 2. The van der Waals surface area contributed by atoms with Crippen LogP contribution in [0.1, 0.15) is 49.7 Å². The Labute approximate surface area is 142 Å². The molecule has 1 aromatic heterocycles. The number of aromatic nitrogens is 1. The molecule has 2 heterocycles. The van der Waals surface area contributed by atoms with Crippen LogP contribution in [-0.2, 0) is 4.74 Å². The number of hydrogen-bond donors (Lipinski definition) is 2. The highest BCUT2D eigenvalue weighted by atomic mass is 16.6. The maximum absolute atomic E-state index is 12.2. The summed E-state index contributed by atoms with van der Waals surface area (Å²) in [7, 11) is 0. The summed E-state index contributed by atoms with van der Waals surface area (Å²) in [6, 6.07) is 1.55. The minimum Gasteiger partial charge on any atom is -0.444 e.